The van der Waals surface area contributed by atoms with Crippen LogP contribution in [0.25, 0.3) is 0 Å². The fourth-order valence-electron chi connectivity index (χ4n) is 3.94. The Morgan fingerprint density at radius 3 is 2.55 bits per heavy atom. The summed E-state index contributed by atoms with van der Waals surface area (Å²) in [4.78, 5) is 30.6. The topological polar surface area (TPSA) is 59.1 Å². The molecular formula is C15H20N2O2S. The van der Waals surface area contributed by atoms with E-state index >= 15 is 0 Å². The van der Waals surface area contributed by atoms with Crippen molar-refractivity contribution in [3.63, 3.8) is 0 Å². The highest BCUT2D eigenvalue weighted by molar-refractivity contribution is 7.15. The van der Waals surface area contributed by atoms with E-state index in [4.69, 9.17) is 0 Å². The van der Waals surface area contributed by atoms with Crippen molar-refractivity contribution < 1.29 is 9.59 Å². The molecular weight excluding hydrogens is 272 g/mol. The van der Waals surface area contributed by atoms with Gasteiger partial charge in [-0.25, -0.2) is 4.98 Å². The van der Waals surface area contributed by atoms with E-state index in [2.05, 4.69) is 24.1 Å². The maximum atomic E-state index is 12.8. The molecule has 0 aromatic carbocycles. The fourth-order valence-corrected chi connectivity index (χ4v) is 4.75. The molecule has 2 atom stereocenters. The summed E-state index contributed by atoms with van der Waals surface area (Å²) in [6.45, 7) is 8.04. The number of amides is 1. The normalized spacial score (nSPS) is 30.8. The number of Topliss-reactive ketones (excluding diaryl/α,β-unsaturated/α-hetero) is 1. The predicted molar refractivity (Wildman–Crippen MR) is 78.8 cm³/mol. The van der Waals surface area contributed by atoms with Crippen LogP contribution in [0.3, 0.4) is 0 Å². The molecule has 0 spiro atoms. The molecule has 2 saturated carbocycles. The lowest BCUT2D eigenvalue weighted by molar-refractivity contribution is -0.141. The largest absolute Gasteiger partial charge is 0.301 e. The van der Waals surface area contributed by atoms with Gasteiger partial charge in [0.2, 0.25) is 5.91 Å². The minimum absolute atomic E-state index is 0.112. The summed E-state index contributed by atoms with van der Waals surface area (Å²) in [5, 5.41) is 3.51. The molecule has 2 aliphatic rings. The third kappa shape index (κ3) is 1.56. The number of hydrogen-bond donors (Lipinski definition) is 1. The second-order valence-electron chi connectivity index (χ2n) is 6.60. The van der Waals surface area contributed by atoms with Gasteiger partial charge in [0.15, 0.2) is 5.13 Å². The highest BCUT2D eigenvalue weighted by atomic mass is 32.1. The number of hydrogen-bond acceptors (Lipinski definition) is 4. The number of ketones is 1. The van der Waals surface area contributed by atoms with Crippen LogP contribution in [0, 0.1) is 30.6 Å². The molecule has 0 radical (unpaired) electrons. The molecule has 5 heteroatoms. The first-order valence-electron chi connectivity index (χ1n) is 7.08. The molecule has 1 amide bonds. The first-order chi connectivity index (χ1) is 9.29. The van der Waals surface area contributed by atoms with Gasteiger partial charge in [0.25, 0.3) is 0 Å². The van der Waals surface area contributed by atoms with E-state index in [-0.39, 0.29) is 17.1 Å². The van der Waals surface area contributed by atoms with Gasteiger partial charge in [-0.2, -0.15) is 0 Å². The van der Waals surface area contributed by atoms with Gasteiger partial charge in [0, 0.05) is 11.3 Å². The van der Waals surface area contributed by atoms with E-state index in [9.17, 15) is 9.59 Å². The average molecular weight is 292 g/mol. The first kappa shape index (κ1) is 13.7. The maximum Gasteiger partial charge on any atom is 0.240 e. The lowest BCUT2D eigenvalue weighted by Gasteiger charge is -2.34. The minimum atomic E-state index is -0.842. The van der Waals surface area contributed by atoms with Gasteiger partial charge in [-0.05, 0) is 38.0 Å². The first-order valence-corrected chi connectivity index (χ1v) is 7.89. The molecule has 1 aromatic rings. The summed E-state index contributed by atoms with van der Waals surface area (Å²) in [5.41, 5.74) is -0.148. The van der Waals surface area contributed by atoms with Crippen LogP contribution in [0.15, 0.2) is 0 Å². The summed E-state index contributed by atoms with van der Waals surface area (Å²) in [6.07, 6.45) is 2.21. The Kier molecular flexibility index (Phi) is 2.84. The van der Waals surface area contributed by atoms with Crippen LogP contribution in [0.5, 0.6) is 0 Å². The Morgan fingerprint density at radius 1 is 1.40 bits per heavy atom. The van der Waals surface area contributed by atoms with Gasteiger partial charge in [-0.1, -0.05) is 13.8 Å². The maximum absolute atomic E-state index is 12.8. The number of rotatable bonds is 2. The smallest absolute Gasteiger partial charge is 0.240 e. The molecule has 3 rings (SSSR count). The van der Waals surface area contributed by atoms with Crippen molar-refractivity contribution in [3.05, 3.63) is 10.6 Å². The van der Waals surface area contributed by atoms with Crippen LogP contribution in [0.4, 0.5) is 5.13 Å². The van der Waals surface area contributed by atoms with Crippen LogP contribution < -0.4 is 5.32 Å². The van der Waals surface area contributed by atoms with Crippen molar-refractivity contribution in [2.45, 2.75) is 47.0 Å². The third-order valence-electron chi connectivity index (χ3n) is 5.53. The second-order valence-corrected chi connectivity index (χ2v) is 7.81. The highest BCUT2D eigenvalue weighted by Crippen LogP contribution is 2.64. The molecule has 2 aliphatic carbocycles. The van der Waals surface area contributed by atoms with E-state index in [1.807, 2.05) is 13.8 Å². The summed E-state index contributed by atoms with van der Waals surface area (Å²) in [7, 11) is 0. The summed E-state index contributed by atoms with van der Waals surface area (Å²) >= 11 is 1.47. The molecule has 2 fully saturated rings. The Hall–Kier alpha value is -1.23. The summed E-state index contributed by atoms with van der Waals surface area (Å²) in [5.74, 6) is 0.308. The van der Waals surface area contributed by atoms with Crippen molar-refractivity contribution >= 4 is 28.2 Å². The lowest BCUT2D eigenvalue weighted by atomic mass is 9.68. The van der Waals surface area contributed by atoms with Crippen molar-refractivity contribution in [1.29, 1.82) is 0 Å². The number of aryl methyl sites for hydroxylation is 2. The zero-order valence-electron chi connectivity index (χ0n) is 12.4. The Labute approximate surface area is 123 Å². The van der Waals surface area contributed by atoms with Crippen LogP contribution in [0.2, 0.25) is 0 Å². The highest BCUT2D eigenvalue weighted by Gasteiger charge is 2.68. The molecule has 20 heavy (non-hydrogen) atoms. The molecule has 4 nitrogen and oxygen atoms in total. The predicted octanol–water partition coefficient (Wildman–Crippen LogP) is 3.09. The molecule has 1 aromatic heterocycles. The van der Waals surface area contributed by atoms with Gasteiger partial charge < -0.3 is 5.32 Å². The van der Waals surface area contributed by atoms with Crippen LogP contribution >= 0.6 is 11.3 Å². The Morgan fingerprint density at radius 2 is 2.10 bits per heavy atom. The van der Waals surface area contributed by atoms with Crippen LogP contribution in [0.1, 0.15) is 43.7 Å². The number of carbonyl (C=O) groups is 2. The standard InChI is InChI=1S/C15H20N2O2S/c1-8-9(2)20-13(16-8)17-12(19)15-6-5-10(7-11(15)18)14(15,3)4/h10H,5-7H2,1-4H3,(H,16,17,19). The van der Waals surface area contributed by atoms with Gasteiger partial charge in [-0.15, -0.1) is 11.3 Å². The van der Waals surface area contributed by atoms with Crippen LogP contribution in [-0.2, 0) is 9.59 Å². The Balaban J connectivity index is 1.92. The molecule has 0 saturated heterocycles. The quantitative estimate of drug-likeness (QED) is 0.852. The summed E-state index contributed by atoms with van der Waals surface area (Å²) < 4.78 is 0. The van der Waals surface area contributed by atoms with E-state index in [1.54, 1.807) is 0 Å². The SMILES string of the molecule is Cc1nc(NC(=O)C23CCC(CC2=O)C3(C)C)sc1C. The zero-order chi connectivity index (χ0) is 14.7. The van der Waals surface area contributed by atoms with Gasteiger partial charge in [0.05, 0.1) is 5.69 Å². The number of nitrogens with one attached hydrogen (secondary N) is 1. The second kappa shape index (κ2) is 4.13. The molecule has 2 bridgehead atoms. The van der Waals surface area contributed by atoms with Gasteiger partial charge in [-0.3, -0.25) is 9.59 Å². The average Bonchev–Trinajstić information content (AvgIpc) is 2.86. The van der Waals surface area contributed by atoms with E-state index in [1.165, 1.54) is 11.3 Å². The lowest BCUT2D eigenvalue weighted by Crippen LogP contribution is -2.46. The fraction of sp³-hybridized carbons (Fsp3) is 0.667. The van der Waals surface area contributed by atoms with Gasteiger partial charge in [0.1, 0.15) is 11.2 Å². The number of thiazole rings is 1. The Bertz CT molecular complexity index is 586. The minimum Gasteiger partial charge on any atom is -0.301 e. The molecule has 0 aliphatic heterocycles. The number of anilines is 1. The zero-order valence-corrected chi connectivity index (χ0v) is 13.2. The van der Waals surface area contributed by atoms with Crippen molar-refractivity contribution in [2.24, 2.45) is 16.7 Å². The van der Waals surface area contributed by atoms with E-state index in [0.717, 1.165) is 17.0 Å². The number of carbonyl (C=O) groups excluding carboxylic acids is 2. The number of fused-ring (bicyclic) bond motifs is 2. The van der Waals surface area contributed by atoms with Crippen molar-refractivity contribution in [2.75, 3.05) is 5.32 Å². The number of aromatic nitrogens is 1. The van der Waals surface area contributed by atoms with Crippen molar-refractivity contribution in [3.8, 4) is 0 Å². The van der Waals surface area contributed by atoms with E-state index in [0.29, 0.717) is 23.9 Å². The molecule has 108 valence electrons. The third-order valence-corrected chi connectivity index (χ3v) is 6.52. The van der Waals surface area contributed by atoms with Crippen molar-refractivity contribution in [1.82, 2.24) is 4.98 Å². The molecule has 1 heterocycles. The molecule has 1 N–H and O–H groups in total. The van der Waals surface area contributed by atoms with Gasteiger partial charge >= 0.3 is 0 Å². The van der Waals surface area contributed by atoms with Crippen LogP contribution in [-0.4, -0.2) is 16.7 Å². The molecule has 2 unspecified atom stereocenters. The van der Waals surface area contributed by atoms with E-state index < -0.39 is 5.41 Å². The summed E-state index contributed by atoms with van der Waals surface area (Å²) in [6, 6.07) is 0. The number of nitrogens with zero attached hydrogens (tertiary/aromatic N) is 1. The monoisotopic (exact) mass is 292 g/mol.